The van der Waals surface area contributed by atoms with Crippen LogP contribution < -0.4 is 5.73 Å². The first-order valence-corrected chi connectivity index (χ1v) is 5.78. The predicted molar refractivity (Wildman–Crippen MR) is 65.2 cm³/mol. The van der Waals surface area contributed by atoms with Crippen molar-refractivity contribution in [3.05, 3.63) is 35.4 Å². The molecule has 0 atom stereocenters. The Morgan fingerprint density at radius 2 is 1.88 bits per heavy atom. The normalized spacial score (nSPS) is 17.7. The summed E-state index contributed by atoms with van der Waals surface area (Å²) in [4.78, 5) is 13.5. The summed E-state index contributed by atoms with van der Waals surface area (Å²) >= 11 is 0. The quantitative estimate of drug-likeness (QED) is 0.789. The molecule has 1 aliphatic rings. The smallest absolute Gasteiger partial charge is 0.227 e. The number of amides is 1. The average molecular weight is 234 g/mol. The molecule has 2 rings (SSSR count). The predicted octanol–water partition coefficient (Wildman–Crippen LogP) is 0.281. The van der Waals surface area contributed by atoms with E-state index in [-0.39, 0.29) is 5.91 Å². The van der Waals surface area contributed by atoms with E-state index >= 15 is 0 Å². The molecule has 1 aliphatic heterocycles. The molecule has 1 aromatic carbocycles. The molecule has 0 aliphatic carbocycles. The number of β-amino-alcohol motifs (C(OH)–C–C–N with tert-alkyl or cyclic N) is 1. The Bertz CT molecular complexity index is 404. The Balaban J connectivity index is 1.90. The van der Waals surface area contributed by atoms with Crippen molar-refractivity contribution in [2.75, 3.05) is 13.1 Å². The van der Waals surface area contributed by atoms with E-state index in [2.05, 4.69) is 0 Å². The van der Waals surface area contributed by atoms with Gasteiger partial charge in [0.15, 0.2) is 0 Å². The van der Waals surface area contributed by atoms with Crippen LogP contribution in [-0.2, 0) is 17.8 Å². The van der Waals surface area contributed by atoms with Crippen molar-refractivity contribution in [1.82, 2.24) is 4.90 Å². The Labute approximate surface area is 101 Å². The second kappa shape index (κ2) is 4.47. The Kier molecular flexibility index (Phi) is 3.17. The van der Waals surface area contributed by atoms with E-state index in [1.54, 1.807) is 11.8 Å². The molecule has 1 saturated heterocycles. The fourth-order valence-electron chi connectivity index (χ4n) is 2.03. The standard InChI is InChI=1S/C13H18N2O2/c1-13(17)8-15(9-13)12(16)6-10-2-4-11(7-14)5-3-10/h2-5,17H,6-9,14H2,1H3. The SMILES string of the molecule is CC1(O)CN(C(=O)Cc2ccc(CN)cc2)C1. The number of likely N-dealkylation sites (tertiary alicyclic amines) is 1. The first-order valence-electron chi connectivity index (χ1n) is 5.78. The van der Waals surface area contributed by atoms with Gasteiger partial charge in [0.05, 0.1) is 25.1 Å². The second-order valence-electron chi connectivity index (χ2n) is 4.94. The fraction of sp³-hybridized carbons (Fsp3) is 0.462. The maximum absolute atomic E-state index is 11.8. The van der Waals surface area contributed by atoms with Gasteiger partial charge < -0.3 is 15.7 Å². The average Bonchev–Trinajstić information content (AvgIpc) is 2.26. The van der Waals surface area contributed by atoms with Crippen molar-refractivity contribution in [1.29, 1.82) is 0 Å². The third-order valence-corrected chi connectivity index (χ3v) is 3.03. The topological polar surface area (TPSA) is 66.6 Å². The molecule has 0 saturated carbocycles. The van der Waals surface area contributed by atoms with E-state index < -0.39 is 5.60 Å². The van der Waals surface area contributed by atoms with E-state index in [0.717, 1.165) is 11.1 Å². The molecular formula is C13H18N2O2. The van der Waals surface area contributed by atoms with Crippen molar-refractivity contribution in [3.8, 4) is 0 Å². The lowest BCUT2D eigenvalue weighted by Crippen LogP contribution is -2.62. The second-order valence-corrected chi connectivity index (χ2v) is 4.94. The zero-order valence-electron chi connectivity index (χ0n) is 10.0. The number of benzene rings is 1. The molecule has 92 valence electrons. The van der Waals surface area contributed by atoms with E-state index in [0.29, 0.717) is 26.1 Å². The van der Waals surface area contributed by atoms with Crippen molar-refractivity contribution in [3.63, 3.8) is 0 Å². The van der Waals surface area contributed by atoms with Gasteiger partial charge in [-0.2, -0.15) is 0 Å². The van der Waals surface area contributed by atoms with Gasteiger partial charge in [0, 0.05) is 6.54 Å². The van der Waals surface area contributed by atoms with Gasteiger partial charge in [-0.05, 0) is 18.1 Å². The molecule has 1 heterocycles. The van der Waals surface area contributed by atoms with Gasteiger partial charge in [-0.1, -0.05) is 24.3 Å². The molecule has 4 heteroatoms. The summed E-state index contributed by atoms with van der Waals surface area (Å²) in [5, 5.41) is 9.56. The summed E-state index contributed by atoms with van der Waals surface area (Å²) in [6.07, 6.45) is 0.390. The molecule has 1 fully saturated rings. The number of hydrogen-bond acceptors (Lipinski definition) is 3. The van der Waals surface area contributed by atoms with Crippen molar-refractivity contribution >= 4 is 5.91 Å². The Morgan fingerprint density at radius 3 is 2.35 bits per heavy atom. The lowest BCUT2D eigenvalue weighted by Gasteiger charge is -2.44. The highest BCUT2D eigenvalue weighted by Crippen LogP contribution is 2.20. The van der Waals surface area contributed by atoms with Crippen LogP contribution in [0.15, 0.2) is 24.3 Å². The van der Waals surface area contributed by atoms with Gasteiger partial charge in [-0.25, -0.2) is 0 Å². The van der Waals surface area contributed by atoms with Crippen molar-refractivity contribution in [2.24, 2.45) is 5.73 Å². The minimum atomic E-state index is -0.695. The Morgan fingerprint density at radius 1 is 1.35 bits per heavy atom. The van der Waals surface area contributed by atoms with Crippen LogP contribution in [0.2, 0.25) is 0 Å². The summed E-state index contributed by atoms with van der Waals surface area (Å²) in [7, 11) is 0. The molecule has 3 N–H and O–H groups in total. The zero-order chi connectivity index (χ0) is 12.5. The number of carbonyl (C=O) groups excluding carboxylic acids is 1. The monoisotopic (exact) mass is 234 g/mol. The molecule has 0 aromatic heterocycles. The van der Waals surface area contributed by atoms with E-state index in [1.807, 2.05) is 24.3 Å². The maximum atomic E-state index is 11.8. The summed E-state index contributed by atoms with van der Waals surface area (Å²) in [6.45, 7) is 3.13. The number of nitrogens with two attached hydrogens (primary N) is 1. The minimum absolute atomic E-state index is 0.0667. The molecule has 0 spiro atoms. The first-order chi connectivity index (χ1) is 8.00. The largest absolute Gasteiger partial charge is 0.386 e. The summed E-state index contributed by atoms with van der Waals surface area (Å²) < 4.78 is 0. The van der Waals surface area contributed by atoms with E-state index in [4.69, 9.17) is 5.73 Å². The van der Waals surface area contributed by atoms with Gasteiger partial charge in [0.2, 0.25) is 5.91 Å². The number of rotatable bonds is 3. The van der Waals surface area contributed by atoms with Crippen LogP contribution in [-0.4, -0.2) is 34.6 Å². The molecule has 0 bridgehead atoms. The molecule has 0 radical (unpaired) electrons. The lowest BCUT2D eigenvalue weighted by atomic mass is 9.96. The number of nitrogens with zero attached hydrogens (tertiary/aromatic N) is 1. The van der Waals surface area contributed by atoms with Crippen molar-refractivity contribution < 1.29 is 9.90 Å². The van der Waals surface area contributed by atoms with Crippen LogP contribution in [0.5, 0.6) is 0 Å². The zero-order valence-corrected chi connectivity index (χ0v) is 10.0. The highest BCUT2D eigenvalue weighted by molar-refractivity contribution is 5.79. The van der Waals surface area contributed by atoms with Crippen LogP contribution in [0.25, 0.3) is 0 Å². The van der Waals surface area contributed by atoms with Crippen LogP contribution in [0, 0.1) is 0 Å². The van der Waals surface area contributed by atoms with Crippen LogP contribution in [0.4, 0.5) is 0 Å². The highest BCUT2D eigenvalue weighted by atomic mass is 16.3. The first kappa shape index (κ1) is 12.1. The van der Waals surface area contributed by atoms with Crippen molar-refractivity contribution in [2.45, 2.75) is 25.5 Å². The fourth-order valence-corrected chi connectivity index (χ4v) is 2.03. The molecule has 17 heavy (non-hydrogen) atoms. The molecule has 4 nitrogen and oxygen atoms in total. The van der Waals surface area contributed by atoms with Crippen LogP contribution in [0.3, 0.4) is 0 Å². The van der Waals surface area contributed by atoms with Gasteiger partial charge in [-0.15, -0.1) is 0 Å². The lowest BCUT2D eigenvalue weighted by molar-refractivity contribution is -0.151. The molecule has 1 amide bonds. The van der Waals surface area contributed by atoms with Gasteiger partial charge in [-0.3, -0.25) is 4.79 Å². The third-order valence-electron chi connectivity index (χ3n) is 3.03. The van der Waals surface area contributed by atoms with E-state index in [1.165, 1.54) is 0 Å². The van der Waals surface area contributed by atoms with Crippen LogP contribution >= 0.6 is 0 Å². The molecular weight excluding hydrogens is 216 g/mol. The molecule has 1 aromatic rings. The minimum Gasteiger partial charge on any atom is -0.386 e. The van der Waals surface area contributed by atoms with Gasteiger partial charge in [0.25, 0.3) is 0 Å². The number of hydrogen-bond donors (Lipinski definition) is 2. The number of carbonyl (C=O) groups is 1. The van der Waals surface area contributed by atoms with Gasteiger partial charge in [0.1, 0.15) is 0 Å². The van der Waals surface area contributed by atoms with Gasteiger partial charge >= 0.3 is 0 Å². The third kappa shape index (κ3) is 2.84. The highest BCUT2D eigenvalue weighted by Gasteiger charge is 2.38. The summed E-state index contributed by atoms with van der Waals surface area (Å²) in [5.74, 6) is 0.0667. The van der Waals surface area contributed by atoms with Crippen LogP contribution in [0.1, 0.15) is 18.1 Å². The maximum Gasteiger partial charge on any atom is 0.227 e. The number of aliphatic hydroxyl groups is 1. The summed E-state index contributed by atoms with van der Waals surface area (Å²) in [6, 6.07) is 7.74. The molecule has 0 unspecified atom stereocenters. The van der Waals surface area contributed by atoms with E-state index in [9.17, 15) is 9.90 Å². The Hall–Kier alpha value is -1.39. The summed E-state index contributed by atoms with van der Waals surface area (Å²) in [5.41, 5.74) is 6.86.